The molecular weight excluding hydrogens is 523 g/mol. The number of allylic oxidation sites excluding steroid dienone is 1. The summed E-state index contributed by atoms with van der Waals surface area (Å²) in [5, 5.41) is 1.09. The maximum absolute atomic E-state index is 14.2. The van der Waals surface area contributed by atoms with E-state index in [0.29, 0.717) is 32.9 Å². The SMILES string of the molecule is Cc1c(-c2cncc(S(=O)(=O)N(C)C)c2)c2cc(Cl)cnc2n1C/C(F)=C/CN.Cl.Cl.Cl. The Hall–Kier alpha value is -1.46. The lowest BCUT2D eigenvalue weighted by atomic mass is 10.1. The summed E-state index contributed by atoms with van der Waals surface area (Å²) in [4.78, 5) is 8.53. The number of pyridine rings is 2. The summed E-state index contributed by atoms with van der Waals surface area (Å²) in [7, 11) is -0.754. The van der Waals surface area contributed by atoms with Crippen molar-refractivity contribution in [3.63, 3.8) is 0 Å². The first-order chi connectivity index (χ1) is 13.7. The van der Waals surface area contributed by atoms with E-state index in [4.69, 9.17) is 17.3 Å². The van der Waals surface area contributed by atoms with Gasteiger partial charge in [0.05, 0.1) is 11.6 Å². The molecule has 0 fully saturated rings. The first-order valence-corrected chi connectivity index (χ1v) is 10.6. The monoisotopic (exact) mass is 545 g/mol. The van der Waals surface area contributed by atoms with Gasteiger partial charge in [0.15, 0.2) is 0 Å². The lowest BCUT2D eigenvalue weighted by molar-refractivity contribution is 0.520. The molecule has 0 unspecified atom stereocenters. The third-order valence-electron chi connectivity index (χ3n) is 4.55. The average molecular weight is 547 g/mol. The summed E-state index contributed by atoms with van der Waals surface area (Å²) in [6.45, 7) is 1.86. The highest BCUT2D eigenvalue weighted by Crippen LogP contribution is 2.36. The molecule has 3 rings (SSSR count). The molecule has 0 saturated carbocycles. The number of rotatable bonds is 6. The van der Waals surface area contributed by atoms with E-state index in [0.717, 1.165) is 4.31 Å². The van der Waals surface area contributed by atoms with Crippen molar-refractivity contribution >= 4 is 69.9 Å². The van der Waals surface area contributed by atoms with E-state index in [1.165, 1.54) is 32.6 Å². The van der Waals surface area contributed by atoms with Gasteiger partial charge in [-0.1, -0.05) is 11.6 Å². The summed E-state index contributed by atoms with van der Waals surface area (Å²) in [5.41, 5.74) is 7.90. The van der Waals surface area contributed by atoms with Gasteiger partial charge in [0.1, 0.15) is 16.4 Å². The maximum atomic E-state index is 14.2. The number of sulfonamides is 1. The Bertz CT molecular complexity index is 1220. The van der Waals surface area contributed by atoms with Crippen molar-refractivity contribution in [3.05, 3.63) is 53.3 Å². The lowest BCUT2D eigenvalue weighted by Crippen LogP contribution is -2.22. The van der Waals surface area contributed by atoms with Crippen LogP contribution in [0.1, 0.15) is 5.69 Å². The minimum atomic E-state index is -3.66. The van der Waals surface area contributed by atoms with Crippen LogP contribution in [0, 0.1) is 6.92 Å². The fraction of sp³-hybridized carbons (Fsp3) is 0.263. The van der Waals surface area contributed by atoms with Gasteiger partial charge < -0.3 is 10.3 Å². The van der Waals surface area contributed by atoms with E-state index >= 15 is 0 Å². The predicted octanol–water partition coefficient (Wildman–Crippen LogP) is 4.39. The summed E-state index contributed by atoms with van der Waals surface area (Å²) in [6, 6.07) is 3.27. The minimum absolute atomic E-state index is 0. The Labute approximate surface area is 210 Å². The van der Waals surface area contributed by atoms with E-state index in [1.54, 1.807) is 22.9 Å². The molecule has 0 bridgehead atoms. The number of fused-ring (bicyclic) bond motifs is 1. The molecule has 13 heteroatoms. The number of hydrogen-bond donors (Lipinski definition) is 1. The van der Waals surface area contributed by atoms with E-state index in [9.17, 15) is 12.8 Å². The molecule has 0 spiro atoms. The topological polar surface area (TPSA) is 94.1 Å². The number of aromatic nitrogens is 3. The molecule has 7 nitrogen and oxygen atoms in total. The second-order valence-electron chi connectivity index (χ2n) is 6.65. The van der Waals surface area contributed by atoms with Crippen LogP contribution in [0.3, 0.4) is 0 Å². The van der Waals surface area contributed by atoms with Crippen LogP contribution in [-0.2, 0) is 16.6 Å². The molecule has 3 aromatic heterocycles. The Balaban J connectivity index is 0.00000320. The first-order valence-electron chi connectivity index (χ1n) is 8.73. The number of halogens is 5. The van der Waals surface area contributed by atoms with Crippen molar-refractivity contribution in [2.45, 2.75) is 18.4 Å². The zero-order valence-corrected chi connectivity index (χ0v) is 21.5. The highest BCUT2D eigenvalue weighted by molar-refractivity contribution is 7.89. The fourth-order valence-electron chi connectivity index (χ4n) is 3.13. The Morgan fingerprint density at radius 1 is 1.22 bits per heavy atom. The largest absolute Gasteiger partial charge is 0.327 e. The smallest absolute Gasteiger partial charge is 0.244 e. The predicted molar refractivity (Wildman–Crippen MR) is 134 cm³/mol. The molecule has 32 heavy (non-hydrogen) atoms. The van der Waals surface area contributed by atoms with Gasteiger partial charge in [-0.2, -0.15) is 0 Å². The second kappa shape index (κ2) is 12.1. The summed E-state index contributed by atoms with van der Waals surface area (Å²) in [5.74, 6) is -0.391. The maximum Gasteiger partial charge on any atom is 0.244 e. The molecular formula is C19H24Cl4FN5O2S. The van der Waals surface area contributed by atoms with Crippen molar-refractivity contribution in [1.29, 1.82) is 0 Å². The fourth-order valence-corrected chi connectivity index (χ4v) is 4.18. The van der Waals surface area contributed by atoms with Crippen LogP contribution in [0.4, 0.5) is 4.39 Å². The minimum Gasteiger partial charge on any atom is -0.327 e. The van der Waals surface area contributed by atoms with Crippen molar-refractivity contribution in [2.75, 3.05) is 20.6 Å². The van der Waals surface area contributed by atoms with Gasteiger partial charge in [0, 0.05) is 61.4 Å². The van der Waals surface area contributed by atoms with Gasteiger partial charge in [-0.05, 0) is 25.1 Å². The quantitative estimate of drug-likeness (QED) is 0.495. The van der Waals surface area contributed by atoms with Gasteiger partial charge >= 0.3 is 0 Å². The van der Waals surface area contributed by atoms with Gasteiger partial charge in [0.2, 0.25) is 10.0 Å². The van der Waals surface area contributed by atoms with Crippen LogP contribution >= 0.6 is 48.8 Å². The Morgan fingerprint density at radius 2 is 1.88 bits per heavy atom. The molecule has 2 N–H and O–H groups in total. The zero-order valence-electron chi connectivity index (χ0n) is 17.4. The third kappa shape index (κ3) is 5.91. The van der Waals surface area contributed by atoms with Crippen LogP contribution in [0.2, 0.25) is 5.02 Å². The van der Waals surface area contributed by atoms with Gasteiger partial charge in [0.25, 0.3) is 0 Å². The van der Waals surface area contributed by atoms with Crippen LogP contribution < -0.4 is 5.73 Å². The molecule has 3 heterocycles. The number of hydrogen-bond acceptors (Lipinski definition) is 5. The zero-order chi connectivity index (χ0) is 21.3. The van der Waals surface area contributed by atoms with E-state index < -0.39 is 15.9 Å². The van der Waals surface area contributed by atoms with Crippen LogP contribution in [0.15, 0.2) is 47.5 Å². The number of nitrogens with two attached hydrogens (primary N) is 1. The summed E-state index contributed by atoms with van der Waals surface area (Å²) >= 11 is 6.15. The molecule has 0 aliphatic heterocycles. The van der Waals surface area contributed by atoms with Gasteiger partial charge in [-0.15, -0.1) is 37.2 Å². The highest BCUT2D eigenvalue weighted by Gasteiger charge is 2.22. The van der Waals surface area contributed by atoms with Crippen LogP contribution in [0.25, 0.3) is 22.2 Å². The van der Waals surface area contributed by atoms with Crippen LogP contribution in [0.5, 0.6) is 0 Å². The molecule has 0 aliphatic rings. The molecule has 0 aromatic carbocycles. The molecule has 178 valence electrons. The Kier molecular flexibility index (Phi) is 11.6. The molecule has 0 atom stereocenters. The highest BCUT2D eigenvalue weighted by atomic mass is 35.5. The van der Waals surface area contributed by atoms with Crippen LogP contribution in [-0.4, -0.2) is 47.9 Å². The van der Waals surface area contributed by atoms with Gasteiger partial charge in [-0.3, -0.25) is 4.98 Å². The number of nitrogens with zero attached hydrogens (tertiary/aromatic N) is 4. The first kappa shape index (κ1) is 30.5. The van der Waals surface area contributed by atoms with Gasteiger partial charge in [-0.25, -0.2) is 22.1 Å². The summed E-state index contributed by atoms with van der Waals surface area (Å²) < 4.78 is 42.1. The normalized spacial score (nSPS) is 11.7. The van der Waals surface area contributed by atoms with E-state index in [-0.39, 0.29) is 55.2 Å². The molecule has 0 amide bonds. The average Bonchev–Trinajstić information content (AvgIpc) is 2.92. The van der Waals surface area contributed by atoms with Crippen molar-refractivity contribution in [3.8, 4) is 11.1 Å². The van der Waals surface area contributed by atoms with Crippen molar-refractivity contribution in [1.82, 2.24) is 18.8 Å². The molecule has 0 saturated heterocycles. The summed E-state index contributed by atoms with van der Waals surface area (Å²) in [6.07, 6.45) is 5.64. The molecule has 3 aromatic rings. The third-order valence-corrected chi connectivity index (χ3v) is 6.54. The van der Waals surface area contributed by atoms with Crippen molar-refractivity contribution < 1.29 is 12.8 Å². The molecule has 0 radical (unpaired) electrons. The van der Waals surface area contributed by atoms with E-state index in [1.807, 2.05) is 6.92 Å². The van der Waals surface area contributed by atoms with Crippen molar-refractivity contribution in [2.24, 2.45) is 5.73 Å². The van der Waals surface area contributed by atoms with E-state index in [2.05, 4.69) is 9.97 Å². The lowest BCUT2D eigenvalue weighted by Gasteiger charge is -2.12. The Morgan fingerprint density at radius 3 is 2.47 bits per heavy atom. The standard InChI is InChI=1S/C19H21ClFN5O2S.3ClH/c1-12-18(13-6-16(10-23-8-13)29(27,28)25(2)3)17-7-14(20)9-24-19(17)26(12)11-15(21)4-5-22;;;/h4,6-10H,5,11,22H2,1-3H3;3*1H/b15-4-;;;. The molecule has 0 aliphatic carbocycles. The second-order valence-corrected chi connectivity index (χ2v) is 9.24.